The Morgan fingerprint density at radius 2 is 1.29 bits per heavy atom. The van der Waals surface area contributed by atoms with Gasteiger partial charge >= 0.3 is 12.3 Å². The maximum atomic E-state index is 10.3. The summed E-state index contributed by atoms with van der Waals surface area (Å²) in [6.07, 6.45) is -1.40. The molecule has 1 aliphatic rings. The van der Waals surface area contributed by atoms with Crippen LogP contribution in [0, 0.1) is 0 Å². The van der Waals surface area contributed by atoms with E-state index in [4.69, 9.17) is 10.2 Å². The largest absolute Gasteiger partial charge is 0.506 e. The van der Waals surface area contributed by atoms with Crippen LogP contribution < -0.4 is 0 Å². The van der Waals surface area contributed by atoms with Crippen LogP contribution >= 0.6 is 0 Å². The highest BCUT2D eigenvalue weighted by atomic mass is 16.7. The van der Waals surface area contributed by atoms with Gasteiger partial charge in [-0.3, -0.25) is 0 Å². The van der Waals surface area contributed by atoms with Crippen molar-refractivity contribution in [1.29, 1.82) is 0 Å². The first-order chi connectivity index (χ1) is 6.59. The van der Waals surface area contributed by atoms with Gasteiger partial charge in [0.2, 0.25) is 0 Å². The van der Waals surface area contributed by atoms with Crippen molar-refractivity contribution >= 4 is 12.3 Å². The molecule has 6 heteroatoms. The van der Waals surface area contributed by atoms with Gasteiger partial charge in [-0.25, -0.2) is 9.59 Å². The summed E-state index contributed by atoms with van der Waals surface area (Å²) in [5.74, 6) is 0. The first-order valence-corrected chi connectivity index (χ1v) is 4.38. The van der Waals surface area contributed by atoms with Crippen LogP contribution in [0.3, 0.4) is 0 Å². The predicted octanol–water partition coefficient (Wildman–Crippen LogP) is 1.69. The molecule has 0 bridgehead atoms. The normalized spacial score (nSPS) is 26.6. The van der Waals surface area contributed by atoms with Gasteiger partial charge in [0.1, 0.15) is 12.2 Å². The fraction of sp³-hybridized carbons (Fsp3) is 0.750. The van der Waals surface area contributed by atoms with Crippen molar-refractivity contribution in [3.05, 3.63) is 0 Å². The molecule has 0 saturated heterocycles. The predicted molar refractivity (Wildman–Crippen MR) is 44.3 cm³/mol. The maximum Gasteiger partial charge on any atom is 0.506 e. The lowest BCUT2D eigenvalue weighted by Crippen LogP contribution is -2.37. The summed E-state index contributed by atoms with van der Waals surface area (Å²) in [5, 5.41) is 16.8. The molecule has 0 unspecified atom stereocenters. The number of hydrogen-bond donors (Lipinski definition) is 2. The number of rotatable bonds is 2. The van der Waals surface area contributed by atoms with Crippen LogP contribution in [0.4, 0.5) is 9.59 Å². The molecule has 0 radical (unpaired) electrons. The summed E-state index contributed by atoms with van der Waals surface area (Å²) in [6, 6.07) is 0. The van der Waals surface area contributed by atoms with E-state index < -0.39 is 24.5 Å². The Bertz CT molecular complexity index is 202. The number of carbonyl (C=O) groups is 2. The maximum absolute atomic E-state index is 10.3. The molecule has 80 valence electrons. The molecule has 0 aromatic carbocycles. The van der Waals surface area contributed by atoms with Gasteiger partial charge in [0, 0.05) is 0 Å². The van der Waals surface area contributed by atoms with Gasteiger partial charge in [-0.1, -0.05) is 0 Å². The van der Waals surface area contributed by atoms with Gasteiger partial charge in [-0.15, -0.1) is 0 Å². The Kier molecular flexibility index (Phi) is 3.55. The molecule has 14 heavy (non-hydrogen) atoms. The monoisotopic (exact) mass is 204 g/mol. The first-order valence-electron chi connectivity index (χ1n) is 4.38. The second-order valence-corrected chi connectivity index (χ2v) is 3.13. The molecule has 6 nitrogen and oxygen atoms in total. The Morgan fingerprint density at radius 1 is 0.929 bits per heavy atom. The summed E-state index contributed by atoms with van der Waals surface area (Å²) >= 11 is 0. The zero-order valence-corrected chi connectivity index (χ0v) is 7.51. The minimum Gasteiger partial charge on any atom is -0.450 e. The third kappa shape index (κ3) is 3.12. The molecule has 0 aromatic rings. The summed E-state index contributed by atoms with van der Waals surface area (Å²) in [4.78, 5) is 20.5. The summed E-state index contributed by atoms with van der Waals surface area (Å²) in [7, 11) is 0. The molecule has 1 rings (SSSR count). The van der Waals surface area contributed by atoms with Crippen molar-refractivity contribution < 1.29 is 29.3 Å². The molecule has 2 N–H and O–H groups in total. The number of hydrogen-bond acceptors (Lipinski definition) is 4. The molecule has 0 amide bonds. The summed E-state index contributed by atoms with van der Waals surface area (Å²) in [5.41, 5.74) is 0. The summed E-state index contributed by atoms with van der Waals surface area (Å²) in [6.45, 7) is 0. The third-order valence-corrected chi connectivity index (χ3v) is 2.15. The van der Waals surface area contributed by atoms with E-state index in [1.165, 1.54) is 0 Å². The highest BCUT2D eigenvalue weighted by Crippen LogP contribution is 2.24. The van der Waals surface area contributed by atoms with Crippen LogP contribution in [0.2, 0.25) is 0 Å². The molecular weight excluding hydrogens is 192 g/mol. The topological polar surface area (TPSA) is 93.1 Å². The minimum absolute atomic E-state index is 0.518. The van der Waals surface area contributed by atoms with Gasteiger partial charge in [-0.05, 0) is 25.7 Å². The van der Waals surface area contributed by atoms with Crippen molar-refractivity contribution in [1.82, 2.24) is 0 Å². The van der Waals surface area contributed by atoms with E-state index in [9.17, 15) is 9.59 Å². The molecule has 1 saturated carbocycles. The van der Waals surface area contributed by atoms with Crippen LogP contribution in [0.25, 0.3) is 0 Å². The molecule has 1 fully saturated rings. The lowest BCUT2D eigenvalue weighted by Gasteiger charge is -2.28. The first kappa shape index (κ1) is 10.6. The van der Waals surface area contributed by atoms with Crippen molar-refractivity contribution in [3.63, 3.8) is 0 Å². The quantitative estimate of drug-likeness (QED) is 0.665. The van der Waals surface area contributed by atoms with E-state index in [0.29, 0.717) is 12.8 Å². The zero-order chi connectivity index (χ0) is 10.6. The van der Waals surface area contributed by atoms with Crippen molar-refractivity contribution in [2.24, 2.45) is 0 Å². The average molecular weight is 204 g/mol. The van der Waals surface area contributed by atoms with E-state index in [1.54, 1.807) is 0 Å². The zero-order valence-electron chi connectivity index (χ0n) is 7.51. The summed E-state index contributed by atoms with van der Waals surface area (Å²) < 4.78 is 9.07. The SMILES string of the molecule is O=C(O)O[C@H]1CCCC[C@H]1OC(=O)O. The van der Waals surface area contributed by atoms with E-state index in [2.05, 4.69) is 9.47 Å². The van der Waals surface area contributed by atoms with Crippen LogP contribution in [-0.2, 0) is 9.47 Å². The van der Waals surface area contributed by atoms with E-state index in [0.717, 1.165) is 12.8 Å². The lowest BCUT2D eigenvalue weighted by atomic mass is 9.95. The Hall–Kier alpha value is -1.46. The minimum atomic E-state index is -1.39. The fourth-order valence-electron chi connectivity index (χ4n) is 1.59. The van der Waals surface area contributed by atoms with Crippen LogP contribution in [-0.4, -0.2) is 34.7 Å². The van der Waals surface area contributed by atoms with Gasteiger partial charge < -0.3 is 19.7 Å². The number of ether oxygens (including phenoxy) is 2. The Balaban J connectivity index is 2.49. The molecule has 0 aliphatic heterocycles. The highest BCUT2D eigenvalue weighted by Gasteiger charge is 2.31. The van der Waals surface area contributed by atoms with Gasteiger partial charge in [0.25, 0.3) is 0 Å². The van der Waals surface area contributed by atoms with Gasteiger partial charge in [0.15, 0.2) is 0 Å². The lowest BCUT2D eigenvalue weighted by molar-refractivity contribution is -0.0576. The molecular formula is C8H12O6. The van der Waals surface area contributed by atoms with E-state index in [-0.39, 0.29) is 0 Å². The van der Waals surface area contributed by atoms with Crippen LogP contribution in [0.15, 0.2) is 0 Å². The smallest absolute Gasteiger partial charge is 0.450 e. The molecule has 2 atom stereocenters. The molecule has 1 aliphatic carbocycles. The van der Waals surface area contributed by atoms with E-state index >= 15 is 0 Å². The van der Waals surface area contributed by atoms with Gasteiger partial charge in [-0.2, -0.15) is 0 Å². The molecule has 0 spiro atoms. The van der Waals surface area contributed by atoms with Crippen molar-refractivity contribution in [3.8, 4) is 0 Å². The van der Waals surface area contributed by atoms with Crippen LogP contribution in [0.1, 0.15) is 25.7 Å². The highest BCUT2D eigenvalue weighted by molar-refractivity contribution is 5.58. The Morgan fingerprint density at radius 3 is 1.57 bits per heavy atom. The fourth-order valence-corrected chi connectivity index (χ4v) is 1.59. The molecule has 0 aromatic heterocycles. The van der Waals surface area contributed by atoms with Crippen molar-refractivity contribution in [2.45, 2.75) is 37.9 Å². The second-order valence-electron chi connectivity index (χ2n) is 3.13. The Labute approximate surface area is 80.4 Å². The van der Waals surface area contributed by atoms with Gasteiger partial charge in [0.05, 0.1) is 0 Å². The average Bonchev–Trinajstić information content (AvgIpc) is 2.06. The second kappa shape index (κ2) is 4.69. The number of carboxylic acid groups (broad SMARTS) is 2. The van der Waals surface area contributed by atoms with Crippen LogP contribution in [0.5, 0.6) is 0 Å². The van der Waals surface area contributed by atoms with E-state index in [1.807, 2.05) is 0 Å². The third-order valence-electron chi connectivity index (χ3n) is 2.15. The van der Waals surface area contributed by atoms with Crippen molar-refractivity contribution in [2.75, 3.05) is 0 Å². The molecule has 0 heterocycles. The standard InChI is InChI=1S/C8H12O6/c9-7(10)13-5-3-1-2-4-6(5)14-8(11)12/h5-6H,1-4H2,(H,9,10)(H,11,12)/t5-,6+.